The summed E-state index contributed by atoms with van der Waals surface area (Å²) in [5.41, 5.74) is 5.00. The van der Waals surface area contributed by atoms with Crippen LogP contribution in [-0.4, -0.2) is 30.6 Å². The van der Waals surface area contributed by atoms with E-state index in [1.165, 1.54) is 22.2 Å². The average molecular weight is 487 g/mol. The molecule has 0 spiro atoms. The summed E-state index contributed by atoms with van der Waals surface area (Å²) in [6.45, 7) is 7.58. The Bertz CT molecular complexity index is 1610. The second kappa shape index (κ2) is 8.88. The third-order valence-corrected chi connectivity index (χ3v) is 6.92. The number of benzene rings is 1. The first-order valence-corrected chi connectivity index (χ1v) is 11.7. The zero-order valence-electron chi connectivity index (χ0n) is 19.6. The van der Waals surface area contributed by atoms with Gasteiger partial charge in [-0.25, -0.2) is 4.98 Å². The van der Waals surface area contributed by atoms with Gasteiger partial charge in [-0.05, 0) is 56.5 Å². The van der Waals surface area contributed by atoms with Crippen LogP contribution in [0.1, 0.15) is 22.3 Å². The normalized spacial score (nSPS) is 11.2. The maximum Gasteiger partial charge on any atom is 0.268 e. The summed E-state index contributed by atoms with van der Waals surface area (Å²) in [6.07, 6.45) is 4.70. The fraction of sp³-hybridized carbons (Fsp3) is 0.200. The van der Waals surface area contributed by atoms with Crippen molar-refractivity contribution in [3.05, 3.63) is 75.6 Å². The van der Waals surface area contributed by atoms with Gasteiger partial charge < -0.3 is 9.84 Å². The van der Waals surface area contributed by atoms with Crippen LogP contribution in [-0.2, 0) is 11.3 Å². The molecular formula is C25H22N6O3S. The molecule has 0 fully saturated rings. The van der Waals surface area contributed by atoms with E-state index in [0.29, 0.717) is 32.4 Å². The Balaban J connectivity index is 1.44. The fourth-order valence-corrected chi connectivity index (χ4v) is 5.18. The van der Waals surface area contributed by atoms with Gasteiger partial charge in [-0.15, -0.1) is 11.3 Å². The monoisotopic (exact) mass is 486 g/mol. The van der Waals surface area contributed by atoms with E-state index in [1.807, 2.05) is 39.8 Å². The summed E-state index contributed by atoms with van der Waals surface area (Å²) in [5.74, 6) is 0.449. The Hall–Kier alpha value is -4.18. The van der Waals surface area contributed by atoms with Crippen molar-refractivity contribution in [1.82, 2.24) is 24.7 Å². The van der Waals surface area contributed by atoms with Crippen molar-refractivity contribution >= 4 is 33.1 Å². The second-order valence-corrected chi connectivity index (χ2v) is 9.39. The molecule has 0 bridgehead atoms. The largest absolute Gasteiger partial charge is 0.333 e. The van der Waals surface area contributed by atoms with Crippen LogP contribution in [0.15, 0.2) is 52.3 Å². The van der Waals surface area contributed by atoms with Gasteiger partial charge in [0.05, 0.1) is 16.6 Å². The van der Waals surface area contributed by atoms with Gasteiger partial charge >= 0.3 is 0 Å². The zero-order chi connectivity index (χ0) is 24.7. The van der Waals surface area contributed by atoms with Crippen LogP contribution in [0.2, 0.25) is 0 Å². The molecule has 1 amide bonds. The number of hydrogen-bond donors (Lipinski definition) is 1. The van der Waals surface area contributed by atoms with Crippen LogP contribution in [0.4, 0.5) is 5.69 Å². The predicted molar refractivity (Wildman–Crippen MR) is 134 cm³/mol. The Morgan fingerprint density at radius 1 is 1.11 bits per heavy atom. The van der Waals surface area contributed by atoms with E-state index in [4.69, 9.17) is 4.52 Å². The Kier molecular flexibility index (Phi) is 5.73. The molecule has 0 aliphatic rings. The quantitative estimate of drug-likeness (QED) is 0.390. The van der Waals surface area contributed by atoms with E-state index in [9.17, 15) is 9.59 Å². The van der Waals surface area contributed by atoms with Gasteiger partial charge in [0.25, 0.3) is 11.4 Å². The Morgan fingerprint density at radius 3 is 2.54 bits per heavy atom. The van der Waals surface area contributed by atoms with Gasteiger partial charge in [0.1, 0.15) is 11.4 Å². The lowest BCUT2D eigenvalue weighted by molar-refractivity contribution is -0.116. The van der Waals surface area contributed by atoms with Gasteiger partial charge in [-0.2, -0.15) is 4.98 Å². The summed E-state index contributed by atoms with van der Waals surface area (Å²) in [4.78, 5) is 40.2. The molecule has 0 saturated heterocycles. The number of nitrogens with zero attached hydrogens (tertiary/aromatic N) is 5. The van der Waals surface area contributed by atoms with Crippen LogP contribution in [0.5, 0.6) is 0 Å². The van der Waals surface area contributed by atoms with Crippen LogP contribution >= 0.6 is 11.3 Å². The molecule has 0 atom stereocenters. The molecule has 4 aromatic heterocycles. The van der Waals surface area contributed by atoms with Gasteiger partial charge in [-0.3, -0.25) is 19.1 Å². The molecule has 5 aromatic rings. The maximum atomic E-state index is 13.3. The molecule has 0 unspecified atom stereocenters. The highest BCUT2D eigenvalue weighted by Crippen LogP contribution is 2.35. The number of hydrogen-bond acceptors (Lipinski definition) is 8. The first-order valence-electron chi connectivity index (χ1n) is 10.9. The number of carbonyl (C=O) groups excluding carboxylic acids is 1. The molecule has 0 aliphatic carbocycles. The van der Waals surface area contributed by atoms with Crippen LogP contribution in [0, 0.1) is 27.7 Å². The van der Waals surface area contributed by atoms with Crippen molar-refractivity contribution < 1.29 is 9.32 Å². The standard InChI is InChI=1S/C25H22N6O3S/c1-13-9-14(2)20(15(3)10-13)28-18(32)11-31-12-27-24-19(25(31)33)16(4)21(35-24)23-29-22(30-34-23)17-5-7-26-8-6-17/h5-10,12H,11H2,1-4H3,(H,28,32). The van der Waals surface area contributed by atoms with E-state index < -0.39 is 0 Å². The number of anilines is 1. The van der Waals surface area contributed by atoms with E-state index in [0.717, 1.165) is 27.9 Å². The van der Waals surface area contributed by atoms with Crippen molar-refractivity contribution in [3.8, 4) is 22.2 Å². The summed E-state index contributed by atoms with van der Waals surface area (Å²) >= 11 is 1.30. The minimum Gasteiger partial charge on any atom is -0.333 e. The molecule has 4 heterocycles. The lowest BCUT2D eigenvalue weighted by Gasteiger charge is -2.13. The smallest absolute Gasteiger partial charge is 0.268 e. The van der Waals surface area contributed by atoms with Crippen molar-refractivity contribution in [1.29, 1.82) is 0 Å². The SMILES string of the molecule is Cc1cc(C)c(NC(=O)Cn2cnc3sc(-c4nc(-c5ccncc5)no4)c(C)c3c2=O)c(C)c1. The molecule has 5 rings (SSSR count). The van der Waals surface area contributed by atoms with Crippen molar-refractivity contribution in [3.63, 3.8) is 0 Å². The molecule has 1 N–H and O–H groups in total. The third-order valence-electron chi connectivity index (χ3n) is 5.73. The number of thiophene rings is 1. The molecule has 9 nitrogen and oxygen atoms in total. The first-order chi connectivity index (χ1) is 16.8. The van der Waals surface area contributed by atoms with Crippen LogP contribution < -0.4 is 10.9 Å². The van der Waals surface area contributed by atoms with Crippen molar-refractivity contribution in [2.24, 2.45) is 0 Å². The van der Waals surface area contributed by atoms with E-state index in [1.54, 1.807) is 24.5 Å². The molecule has 0 radical (unpaired) electrons. The number of aromatic nitrogens is 5. The fourth-order valence-electron chi connectivity index (χ4n) is 4.12. The van der Waals surface area contributed by atoms with E-state index in [-0.39, 0.29) is 18.0 Å². The van der Waals surface area contributed by atoms with E-state index in [2.05, 4.69) is 25.4 Å². The van der Waals surface area contributed by atoms with E-state index >= 15 is 0 Å². The number of aryl methyl sites for hydroxylation is 4. The Morgan fingerprint density at radius 2 is 1.83 bits per heavy atom. The molecule has 35 heavy (non-hydrogen) atoms. The summed E-state index contributed by atoms with van der Waals surface area (Å²) in [7, 11) is 0. The molecule has 1 aromatic carbocycles. The molecule has 10 heteroatoms. The van der Waals surface area contributed by atoms with Gasteiger partial charge in [0.2, 0.25) is 11.7 Å². The number of pyridine rings is 1. The minimum absolute atomic E-state index is 0.147. The Labute approximate surface area is 204 Å². The highest BCUT2D eigenvalue weighted by atomic mass is 32.1. The topological polar surface area (TPSA) is 116 Å². The summed E-state index contributed by atoms with van der Waals surface area (Å²) in [5, 5.41) is 7.42. The van der Waals surface area contributed by atoms with Gasteiger partial charge in [0, 0.05) is 23.6 Å². The van der Waals surface area contributed by atoms with Crippen molar-refractivity contribution in [2.75, 3.05) is 5.32 Å². The molecule has 176 valence electrons. The third kappa shape index (κ3) is 4.24. The lowest BCUT2D eigenvalue weighted by atomic mass is 10.1. The number of rotatable bonds is 5. The number of fused-ring (bicyclic) bond motifs is 1. The molecular weight excluding hydrogens is 464 g/mol. The lowest BCUT2D eigenvalue weighted by Crippen LogP contribution is -2.28. The predicted octanol–water partition coefficient (Wildman–Crippen LogP) is 4.44. The summed E-state index contributed by atoms with van der Waals surface area (Å²) in [6, 6.07) is 7.60. The van der Waals surface area contributed by atoms with Crippen LogP contribution in [0.25, 0.3) is 32.4 Å². The summed E-state index contributed by atoms with van der Waals surface area (Å²) < 4.78 is 6.79. The first kappa shape index (κ1) is 22.6. The van der Waals surface area contributed by atoms with Gasteiger partial charge in [0.15, 0.2) is 0 Å². The minimum atomic E-state index is -0.296. The maximum absolute atomic E-state index is 13.3. The highest BCUT2D eigenvalue weighted by Gasteiger charge is 2.21. The number of nitrogens with one attached hydrogen (secondary N) is 1. The zero-order valence-corrected chi connectivity index (χ0v) is 20.4. The van der Waals surface area contributed by atoms with Crippen molar-refractivity contribution in [2.45, 2.75) is 34.2 Å². The number of carbonyl (C=O) groups is 1. The van der Waals surface area contributed by atoms with Crippen LogP contribution in [0.3, 0.4) is 0 Å². The average Bonchev–Trinajstić information content (AvgIpc) is 3.44. The second-order valence-electron chi connectivity index (χ2n) is 8.39. The molecule has 0 aliphatic heterocycles. The molecule has 0 saturated carbocycles. The number of amides is 1. The van der Waals surface area contributed by atoms with Gasteiger partial charge in [-0.1, -0.05) is 22.9 Å². The highest BCUT2D eigenvalue weighted by molar-refractivity contribution is 7.22.